The summed E-state index contributed by atoms with van der Waals surface area (Å²) in [6.45, 7) is 0. The molecule has 0 bridgehead atoms. The van der Waals surface area contributed by atoms with Gasteiger partial charge in [0.15, 0.2) is 0 Å². The first-order valence-corrected chi connectivity index (χ1v) is 9.64. The number of allylic oxidation sites excluding steroid dienone is 1. The predicted molar refractivity (Wildman–Crippen MR) is 120 cm³/mol. The van der Waals surface area contributed by atoms with Gasteiger partial charge >= 0.3 is 0 Å². The highest BCUT2D eigenvalue weighted by Gasteiger charge is 2.17. The smallest absolute Gasteiger partial charge is 0.128 e. The maximum Gasteiger partial charge on any atom is 0.128 e. The van der Waals surface area contributed by atoms with E-state index in [0.717, 1.165) is 16.8 Å². The average molecular weight is 408 g/mol. The fraction of sp³-hybridized carbons (Fsp3) is 0.0800. The van der Waals surface area contributed by atoms with Crippen molar-refractivity contribution in [1.82, 2.24) is 14.8 Å². The lowest BCUT2D eigenvalue weighted by Gasteiger charge is -2.09. The van der Waals surface area contributed by atoms with Crippen LogP contribution >= 0.6 is 0 Å². The summed E-state index contributed by atoms with van der Waals surface area (Å²) >= 11 is 0. The lowest BCUT2D eigenvalue weighted by Crippen LogP contribution is -1.95. The molecule has 6 heteroatoms. The molecule has 0 fully saturated rings. The van der Waals surface area contributed by atoms with E-state index in [1.165, 1.54) is 0 Å². The molecule has 2 aromatic heterocycles. The number of hydrogen-bond donors (Lipinski definition) is 0. The molecule has 0 saturated carbocycles. The third-order valence-electron chi connectivity index (χ3n) is 4.79. The van der Waals surface area contributed by atoms with Crippen molar-refractivity contribution in [2.45, 2.75) is 0 Å². The first kappa shape index (κ1) is 19.9. The lowest BCUT2D eigenvalue weighted by atomic mass is 10.0. The second kappa shape index (κ2) is 8.97. The van der Waals surface area contributed by atoms with E-state index in [9.17, 15) is 5.26 Å². The van der Waals surface area contributed by atoms with Gasteiger partial charge in [-0.25, -0.2) is 4.68 Å². The van der Waals surface area contributed by atoms with Gasteiger partial charge in [0.05, 0.1) is 31.2 Å². The molecule has 31 heavy (non-hydrogen) atoms. The Morgan fingerprint density at radius 3 is 2.48 bits per heavy atom. The zero-order valence-electron chi connectivity index (χ0n) is 17.2. The molecule has 0 saturated heterocycles. The molecule has 0 spiro atoms. The number of nitrogens with zero attached hydrogens (tertiary/aromatic N) is 4. The molecule has 2 aromatic carbocycles. The fourth-order valence-corrected chi connectivity index (χ4v) is 3.26. The number of hydrogen-bond acceptors (Lipinski definition) is 5. The van der Waals surface area contributed by atoms with E-state index in [1.54, 1.807) is 31.2 Å². The van der Waals surface area contributed by atoms with E-state index >= 15 is 0 Å². The summed E-state index contributed by atoms with van der Waals surface area (Å²) in [6, 6.07) is 23.1. The number of rotatable bonds is 6. The highest BCUT2D eigenvalue weighted by molar-refractivity contribution is 5.92. The molecule has 0 amide bonds. The Morgan fingerprint density at radius 2 is 1.81 bits per heavy atom. The van der Waals surface area contributed by atoms with Gasteiger partial charge in [-0.2, -0.15) is 10.4 Å². The van der Waals surface area contributed by atoms with Crippen molar-refractivity contribution in [3.63, 3.8) is 0 Å². The third-order valence-corrected chi connectivity index (χ3v) is 4.79. The Hall–Kier alpha value is -4.37. The van der Waals surface area contributed by atoms with Crippen LogP contribution < -0.4 is 9.47 Å². The first-order chi connectivity index (χ1) is 15.2. The van der Waals surface area contributed by atoms with E-state index in [2.05, 4.69) is 11.1 Å². The maximum atomic E-state index is 9.78. The van der Waals surface area contributed by atoms with E-state index in [-0.39, 0.29) is 0 Å². The van der Waals surface area contributed by atoms with E-state index < -0.39 is 0 Å². The van der Waals surface area contributed by atoms with Gasteiger partial charge in [-0.1, -0.05) is 24.3 Å². The number of nitriles is 1. The van der Waals surface area contributed by atoms with Crippen molar-refractivity contribution >= 4 is 11.6 Å². The summed E-state index contributed by atoms with van der Waals surface area (Å²) in [4.78, 5) is 4.31. The van der Waals surface area contributed by atoms with Crippen molar-refractivity contribution in [1.29, 1.82) is 5.26 Å². The minimum Gasteiger partial charge on any atom is -0.497 e. The summed E-state index contributed by atoms with van der Waals surface area (Å²) in [6.07, 6.45) is 5.35. The minimum absolute atomic E-state index is 0.441. The fourth-order valence-electron chi connectivity index (χ4n) is 3.26. The number of pyridine rings is 1. The van der Waals surface area contributed by atoms with Crippen LogP contribution in [0.1, 0.15) is 11.3 Å². The highest BCUT2D eigenvalue weighted by Crippen LogP contribution is 2.36. The minimum atomic E-state index is 0.441. The number of para-hydroxylation sites is 1. The van der Waals surface area contributed by atoms with Gasteiger partial charge < -0.3 is 9.47 Å². The SMILES string of the molecule is COc1ccc(OC)c(-c2nn(-c3ccccc3)cc2/C=C(\C#N)c2ccccn2)c1. The predicted octanol–water partition coefficient (Wildman–Crippen LogP) is 5.02. The van der Waals surface area contributed by atoms with Gasteiger partial charge in [-0.15, -0.1) is 0 Å². The van der Waals surface area contributed by atoms with Gasteiger partial charge in [0, 0.05) is 23.5 Å². The molecule has 0 N–H and O–H groups in total. The number of aromatic nitrogens is 3. The lowest BCUT2D eigenvalue weighted by molar-refractivity contribution is 0.404. The second-order valence-electron chi connectivity index (χ2n) is 6.66. The largest absolute Gasteiger partial charge is 0.497 e. The topological polar surface area (TPSA) is 73.0 Å². The Balaban J connectivity index is 1.94. The summed E-state index contributed by atoms with van der Waals surface area (Å²) in [5.74, 6) is 1.34. The van der Waals surface area contributed by atoms with Crippen molar-refractivity contribution in [2.75, 3.05) is 14.2 Å². The average Bonchev–Trinajstić information content (AvgIpc) is 3.27. The van der Waals surface area contributed by atoms with Gasteiger partial charge in [-0.05, 0) is 48.5 Å². The summed E-state index contributed by atoms with van der Waals surface area (Å²) in [7, 11) is 3.23. The van der Waals surface area contributed by atoms with Gasteiger partial charge in [0.25, 0.3) is 0 Å². The van der Waals surface area contributed by atoms with Crippen LogP contribution in [0.4, 0.5) is 0 Å². The number of methoxy groups -OCH3 is 2. The van der Waals surface area contributed by atoms with Gasteiger partial charge in [0.2, 0.25) is 0 Å². The molecule has 0 aliphatic heterocycles. The molecule has 0 aliphatic carbocycles. The van der Waals surface area contributed by atoms with Crippen LogP contribution in [0.25, 0.3) is 28.6 Å². The molecule has 0 aliphatic rings. The van der Waals surface area contributed by atoms with E-state index in [1.807, 2.05) is 72.9 Å². The Bertz CT molecular complexity index is 1260. The standard InChI is InChI=1S/C25H20N4O2/c1-30-21-11-12-24(31-2)22(15-21)25-19(14-18(16-26)23-10-6-7-13-27-23)17-29(28-25)20-8-4-3-5-9-20/h3-15,17H,1-2H3/b18-14+. The molecule has 0 atom stereocenters. The molecular weight excluding hydrogens is 388 g/mol. The Morgan fingerprint density at radius 1 is 1.00 bits per heavy atom. The first-order valence-electron chi connectivity index (χ1n) is 9.64. The Kier molecular flexibility index (Phi) is 5.77. The second-order valence-corrected chi connectivity index (χ2v) is 6.66. The molecule has 0 radical (unpaired) electrons. The molecule has 0 unspecified atom stereocenters. The Labute approximate surface area is 180 Å². The summed E-state index contributed by atoms with van der Waals surface area (Å²) < 4.78 is 12.8. The van der Waals surface area contributed by atoms with E-state index in [4.69, 9.17) is 14.6 Å². The zero-order chi connectivity index (χ0) is 21.6. The number of benzene rings is 2. The monoisotopic (exact) mass is 408 g/mol. The number of ether oxygens (including phenoxy) is 2. The third kappa shape index (κ3) is 4.16. The van der Waals surface area contributed by atoms with Crippen LogP contribution in [0.5, 0.6) is 11.5 Å². The summed E-state index contributed by atoms with van der Waals surface area (Å²) in [5, 5.41) is 14.6. The van der Waals surface area contributed by atoms with Crippen molar-refractivity contribution in [2.24, 2.45) is 0 Å². The molecule has 152 valence electrons. The van der Waals surface area contributed by atoms with Crippen LogP contribution in [-0.4, -0.2) is 29.0 Å². The van der Waals surface area contributed by atoms with Crippen LogP contribution in [-0.2, 0) is 0 Å². The summed E-state index contributed by atoms with van der Waals surface area (Å²) in [5.41, 5.74) is 4.14. The normalized spacial score (nSPS) is 11.1. The van der Waals surface area contributed by atoms with Crippen LogP contribution in [0.15, 0.2) is 79.1 Å². The van der Waals surface area contributed by atoms with E-state index in [0.29, 0.717) is 28.5 Å². The van der Waals surface area contributed by atoms with Crippen LogP contribution in [0, 0.1) is 11.3 Å². The van der Waals surface area contributed by atoms with Crippen molar-refractivity contribution < 1.29 is 9.47 Å². The van der Waals surface area contributed by atoms with Crippen molar-refractivity contribution in [3.05, 3.63) is 90.4 Å². The van der Waals surface area contributed by atoms with Crippen molar-refractivity contribution in [3.8, 4) is 34.5 Å². The maximum absolute atomic E-state index is 9.78. The molecule has 2 heterocycles. The van der Waals surface area contributed by atoms with Gasteiger partial charge in [0.1, 0.15) is 23.3 Å². The molecule has 4 aromatic rings. The van der Waals surface area contributed by atoms with Gasteiger partial charge in [-0.3, -0.25) is 4.98 Å². The molecule has 6 nitrogen and oxygen atoms in total. The van der Waals surface area contributed by atoms with Crippen LogP contribution in [0.3, 0.4) is 0 Å². The molecular formula is C25H20N4O2. The van der Waals surface area contributed by atoms with Crippen LogP contribution in [0.2, 0.25) is 0 Å². The zero-order valence-corrected chi connectivity index (χ0v) is 17.2. The quantitative estimate of drug-likeness (QED) is 0.419. The highest BCUT2D eigenvalue weighted by atomic mass is 16.5. The molecule has 4 rings (SSSR count).